The third-order valence-electron chi connectivity index (χ3n) is 5.51. The summed E-state index contributed by atoms with van der Waals surface area (Å²) in [5, 5.41) is 7.26. The van der Waals surface area contributed by atoms with Gasteiger partial charge in [-0.15, -0.1) is 0 Å². The van der Waals surface area contributed by atoms with E-state index >= 15 is 0 Å². The molecule has 0 aromatic carbocycles. The first kappa shape index (κ1) is 19.3. The van der Waals surface area contributed by atoms with E-state index in [1.54, 1.807) is 10.7 Å². The van der Waals surface area contributed by atoms with Crippen molar-refractivity contribution in [2.24, 2.45) is 4.99 Å². The Morgan fingerprint density at radius 3 is 3.07 bits per heavy atom. The third kappa shape index (κ3) is 3.79. The lowest BCUT2D eigenvalue weighted by Gasteiger charge is -2.28. The van der Waals surface area contributed by atoms with Gasteiger partial charge in [0.1, 0.15) is 17.2 Å². The highest BCUT2D eigenvalue weighted by molar-refractivity contribution is 6.02. The van der Waals surface area contributed by atoms with Gasteiger partial charge in [0.15, 0.2) is 5.65 Å². The number of carbonyl (C=O) groups excluding carboxylic acids is 1. The predicted molar refractivity (Wildman–Crippen MR) is 111 cm³/mol. The first-order valence-corrected chi connectivity index (χ1v) is 9.94. The number of allylic oxidation sites excluding steroid dienone is 1. The van der Waals surface area contributed by atoms with Crippen molar-refractivity contribution in [1.29, 1.82) is 0 Å². The molecule has 2 aromatic heterocycles. The van der Waals surface area contributed by atoms with Gasteiger partial charge >= 0.3 is 0 Å². The number of nitrogens with one attached hydrogen (secondary N) is 1. The molecule has 4 rings (SSSR count). The minimum absolute atomic E-state index is 0.0445. The lowest BCUT2D eigenvalue weighted by molar-refractivity contribution is 0.0940. The maximum Gasteiger partial charge on any atom is 0.256 e. The standard InChI is InChI=1S/C21H25FN6O/c1-13(22)11-23-17-7-6-14(2)25-21(29)16-12-24-28-10-8-19(26-20(16)28)27-9-4-5-18(27)15(17)3/h8,10-12,14,18H,3-7,9H2,1-2H3,(H,25,29)/b13-11+,23-17-/t14?,18-/m1/s1. The Labute approximate surface area is 169 Å². The van der Waals surface area contributed by atoms with Crippen molar-refractivity contribution in [2.45, 2.75) is 51.6 Å². The monoisotopic (exact) mass is 396 g/mol. The van der Waals surface area contributed by atoms with Gasteiger partial charge in [-0.05, 0) is 51.2 Å². The average Bonchev–Trinajstić information content (AvgIpc) is 3.33. The van der Waals surface area contributed by atoms with E-state index in [1.807, 2.05) is 19.2 Å². The predicted octanol–water partition coefficient (Wildman–Crippen LogP) is 3.44. The molecule has 0 aliphatic carbocycles. The van der Waals surface area contributed by atoms with Crippen molar-refractivity contribution in [3.8, 4) is 0 Å². The molecule has 1 saturated heterocycles. The van der Waals surface area contributed by atoms with E-state index in [4.69, 9.17) is 4.98 Å². The van der Waals surface area contributed by atoms with Gasteiger partial charge in [-0.3, -0.25) is 9.79 Å². The summed E-state index contributed by atoms with van der Waals surface area (Å²) in [5.41, 5.74) is 2.64. The van der Waals surface area contributed by atoms with Gasteiger partial charge in [0.05, 0.1) is 18.4 Å². The summed E-state index contributed by atoms with van der Waals surface area (Å²) in [4.78, 5) is 24.1. The zero-order valence-corrected chi connectivity index (χ0v) is 16.7. The summed E-state index contributed by atoms with van der Waals surface area (Å²) in [5.74, 6) is 0.225. The number of nitrogens with zero attached hydrogens (tertiary/aromatic N) is 5. The number of halogens is 1. The van der Waals surface area contributed by atoms with E-state index < -0.39 is 0 Å². The summed E-state index contributed by atoms with van der Waals surface area (Å²) >= 11 is 0. The lowest BCUT2D eigenvalue weighted by atomic mass is 9.96. The van der Waals surface area contributed by atoms with E-state index in [0.29, 0.717) is 24.1 Å². The second kappa shape index (κ2) is 7.77. The first-order valence-electron chi connectivity index (χ1n) is 9.94. The second-order valence-corrected chi connectivity index (χ2v) is 7.69. The van der Waals surface area contributed by atoms with Crippen molar-refractivity contribution in [1.82, 2.24) is 19.9 Å². The average molecular weight is 396 g/mol. The fourth-order valence-corrected chi connectivity index (χ4v) is 3.98. The van der Waals surface area contributed by atoms with Crippen LogP contribution in [-0.4, -0.2) is 44.8 Å². The van der Waals surface area contributed by atoms with Gasteiger partial charge in [0.25, 0.3) is 5.91 Å². The SMILES string of the molecule is C=C1/C(=N\C=C(/C)F)CCC(C)NC(=O)c2cnn3ccc(nc23)N2CCC[C@H]12. The minimum Gasteiger partial charge on any atom is -0.349 e. The van der Waals surface area contributed by atoms with E-state index in [-0.39, 0.29) is 23.8 Å². The number of hydrogen-bond acceptors (Lipinski definition) is 5. The molecule has 1 fully saturated rings. The van der Waals surface area contributed by atoms with Crippen molar-refractivity contribution in [3.05, 3.63) is 48.2 Å². The summed E-state index contributed by atoms with van der Waals surface area (Å²) in [7, 11) is 0. The molecule has 4 heterocycles. The number of hydrogen-bond donors (Lipinski definition) is 1. The first-order chi connectivity index (χ1) is 13.9. The van der Waals surface area contributed by atoms with Crippen molar-refractivity contribution < 1.29 is 9.18 Å². The third-order valence-corrected chi connectivity index (χ3v) is 5.51. The van der Waals surface area contributed by atoms with Crippen molar-refractivity contribution in [2.75, 3.05) is 11.4 Å². The Morgan fingerprint density at radius 1 is 1.45 bits per heavy atom. The molecule has 0 saturated carbocycles. The molecule has 8 heteroatoms. The van der Waals surface area contributed by atoms with Crippen molar-refractivity contribution >= 4 is 23.1 Å². The summed E-state index contributed by atoms with van der Waals surface area (Å²) in [6.07, 6.45) is 7.82. The largest absolute Gasteiger partial charge is 0.349 e. The molecule has 1 amide bonds. The second-order valence-electron chi connectivity index (χ2n) is 7.69. The number of anilines is 1. The summed E-state index contributed by atoms with van der Waals surface area (Å²) < 4.78 is 15.0. The van der Waals surface area contributed by atoms with E-state index in [9.17, 15) is 9.18 Å². The van der Waals surface area contributed by atoms with Crippen molar-refractivity contribution in [3.63, 3.8) is 0 Å². The van der Waals surface area contributed by atoms with Crippen LogP contribution in [0.15, 0.2) is 47.6 Å². The molecular weight excluding hydrogens is 371 g/mol. The lowest BCUT2D eigenvalue weighted by Crippen LogP contribution is -2.34. The van der Waals surface area contributed by atoms with Crippen LogP contribution in [0.2, 0.25) is 0 Å². The molecule has 2 aromatic rings. The van der Waals surface area contributed by atoms with Crippen LogP contribution >= 0.6 is 0 Å². The van der Waals surface area contributed by atoms with E-state index in [2.05, 4.69) is 26.9 Å². The molecule has 2 aliphatic rings. The molecular formula is C21H25FN6O. The van der Waals surface area contributed by atoms with Gasteiger partial charge in [0.2, 0.25) is 0 Å². The normalized spacial score (nSPS) is 25.0. The Bertz CT molecular complexity index is 1020. The van der Waals surface area contributed by atoms with Crippen LogP contribution < -0.4 is 10.2 Å². The molecule has 0 spiro atoms. The van der Waals surface area contributed by atoms with Gasteiger partial charge < -0.3 is 10.2 Å². The Balaban J connectivity index is 1.80. The molecule has 2 bridgehead atoms. The minimum atomic E-state index is -0.350. The molecule has 7 nitrogen and oxygen atoms in total. The topological polar surface area (TPSA) is 74.9 Å². The zero-order chi connectivity index (χ0) is 20.5. The van der Waals surface area contributed by atoms with Crippen LogP contribution in [0.3, 0.4) is 0 Å². The fourth-order valence-electron chi connectivity index (χ4n) is 3.98. The van der Waals surface area contributed by atoms with Crippen LogP contribution in [0.5, 0.6) is 0 Å². The van der Waals surface area contributed by atoms with E-state index in [0.717, 1.165) is 36.5 Å². The quantitative estimate of drug-likeness (QED) is 0.801. The zero-order valence-electron chi connectivity index (χ0n) is 16.7. The fraction of sp³-hybridized carbons (Fsp3) is 0.429. The van der Waals surface area contributed by atoms with E-state index in [1.165, 1.54) is 13.1 Å². The van der Waals surface area contributed by atoms with Crippen LogP contribution in [0.25, 0.3) is 5.65 Å². The van der Waals surface area contributed by atoms with Gasteiger partial charge in [-0.2, -0.15) is 5.10 Å². The number of fused-ring (bicyclic) bond motifs is 3. The highest BCUT2D eigenvalue weighted by Gasteiger charge is 2.31. The smallest absolute Gasteiger partial charge is 0.256 e. The molecule has 2 aliphatic heterocycles. The Kier molecular flexibility index (Phi) is 5.17. The summed E-state index contributed by atoms with van der Waals surface area (Å²) in [6.45, 7) is 8.47. The molecule has 1 unspecified atom stereocenters. The van der Waals surface area contributed by atoms with Crippen LogP contribution in [-0.2, 0) is 0 Å². The number of rotatable bonds is 1. The Hall–Kier alpha value is -3.03. The number of aromatic nitrogens is 3. The van der Waals surface area contributed by atoms with Crippen LogP contribution in [0.4, 0.5) is 10.2 Å². The number of aliphatic imine (C=N–C) groups is 1. The van der Waals surface area contributed by atoms with Gasteiger partial charge in [-0.25, -0.2) is 13.9 Å². The Morgan fingerprint density at radius 2 is 2.28 bits per heavy atom. The molecule has 152 valence electrons. The van der Waals surface area contributed by atoms with Gasteiger partial charge in [0, 0.05) is 24.5 Å². The van der Waals surface area contributed by atoms with Crippen LogP contribution in [0.1, 0.15) is 49.9 Å². The molecule has 29 heavy (non-hydrogen) atoms. The molecule has 0 radical (unpaired) electrons. The highest BCUT2D eigenvalue weighted by Crippen LogP contribution is 2.30. The number of carbonyl (C=O) groups is 1. The maximum atomic E-state index is 13.3. The number of amides is 1. The summed E-state index contributed by atoms with van der Waals surface area (Å²) in [6, 6.07) is 1.86. The molecule has 2 atom stereocenters. The van der Waals surface area contributed by atoms with Crippen LogP contribution in [0, 0.1) is 0 Å². The van der Waals surface area contributed by atoms with Gasteiger partial charge in [-0.1, -0.05) is 6.58 Å². The maximum absolute atomic E-state index is 13.3. The molecule has 1 N–H and O–H groups in total. The highest BCUT2D eigenvalue weighted by atomic mass is 19.1.